The summed E-state index contributed by atoms with van der Waals surface area (Å²) in [7, 11) is 4.99. The molecule has 8 heteroatoms. The van der Waals surface area contributed by atoms with Crippen LogP contribution in [0.2, 0.25) is 0 Å². The van der Waals surface area contributed by atoms with Crippen LogP contribution in [-0.4, -0.2) is 42.1 Å². The lowest BCUT2D eigenvalue weighted by Gasteiger charge is -2.12. The highest BCUT2D eigenvalue weighted by molar-refractivity contribution is 5.94. The fourth-order valence-corrected chi connectivity index (χ4v) is 1.66. The zero-order valence-corrected chi connectivity index (χ0v) is 12.5. The standard InChI is InChI=1S/C14H16FN5O2/c1-20(2)13-17-11(18-14(19-13)22-3)8-16-12(21)9-6-4-5-7-10(9)15/h4-7H,8H2,1-3H3,(H,16,21). The van der Waals surface area contributed by atoms with Crippen LogP contribution in [0.5, 0.6) is 6.01 Å². The molecule has 2 aromatic rings. The molecular weight excluding hydrogens is 289 g/mol. The van der Waals surface area contributed by atoms with Crippen LogP contribution in [0.25, 0.3) is 0 Å². The van der Waals surface area contributed by atoms with E-state index in [-0.39, 0.29) is 18.1 Å². The molecule has 1 aromatic carbocycles. The third-order valence-electron chi connectivity index (χ3n) is 2.76. The van der Waals surface area contributed by atoms with Crippen molar-refractivity contribution in [1.29, 1.82) is 0 Å². The van der Waals surface area contributed by atoms with Gasteiger partial charge in [0.15, 0.2) is 5.82 Å². The van der Waals surface area contributed by atoms with Gasteiger partial charge in [0, 0.05) is 14.1 Å². The van der Waals surface area contributed by atoms with E-state index in [2.05, 4.69) is 20.3 Å². The summed E-state index contributed by atoms with van der Waals surface area (Å²) in [6.45, 7) is 0.0346. The zero-order valence-electron chi connectivity index (χ0n) is 12.5. The highest BCUT2D eigenvalue weighted by Crippen LogP contribution is 2.10. The van der Waals surface area contributed by atoms with Crippen molar-refractivity contribution >= 4 is 11.9 Å². The van der Waals surface area contributed by atoms with Crippen molar-refractivity contribution in [1.82, 2.24) is 20.3 Å². The summed E-state index contributed by atoms with van der Waals surface area (Å²) >= 11 is 0. The number of methoxy groups -OCH3 is 1. The van der Waals surface area contributed by atoms with Crippen LogP contribution in [0.1, 0.15) is 16.2 Å². The number of rotatable bonds is 5. The molecule has 0 bridgehead atoms. The largest absolute Gasteiger partial charge is 0.467 e. The molecule has 0 aliphatic heterocycles. The predicted molar refractivity (Wildman–Crippen MR) is 78.3 cm³/mol. The molecule has 1 aromatic heterocycles. The Balaban J connectivity index is 2.13. The fraction of sp³-hybridized carbons (Fsp3) is 0.286. The SMILES string of the molecule is COc1nc(CNC(=O)c2ccccc2F)nc(N(C)C)n1. The number of ether oxygens (including phenoxy) is 1. The van der Waals surface area contributed by atoms with Crippen LogP contribution >= 0.6 is 0 Å². The van der Waals surface area contributed by atoms with E-state index >= 15 is 0 Å². The third kappa shape index (κ3) is 3.66. The number of carbonyl (C=O) groups excluding carboxylic acids is 1. The first-order valence-electron chi connectivity index (χ1n) is 6.50. The van der Waals surface area contributed by atoms with Crippen LogP contribution in [-0.2, 0) is 6.54 Å². The third-order valence-corrected chi connectivity index (χ3v) is 2.76. The number of hydrogen-bond donors (Lipinski definition) is 1. The van der Waals surface area contributed by atoms with Crippen molar-refractivity contribution in [3.8, 4) is 6.01 Å². The topological polar surface area (TPSA) is 80.2 Å². The summed E-state index contributed by atoms with van der Waals surface area (Å²) < 4.78 is 18.5. The predicted octanol–water partition coefficient (Wildman–Crippen LogP) is 1.02. The minimum absolute atomic E-state index is 0.0312. The monoisotopic (exact) mass is 305 g/mol. The maximum atomic E-state index is 13.5. The Hall–Kier alpha value is -2.77. The Kier molecular flexibility index (Phi) is 4.82. The second kappa shape index (κ2) is 6.79. The quantitative estimate of drug-likeness (QED) is 0.888. The Morgan fingerprint density at radius 2 is 2.00 bits per heavy atom. The minimum Gasteiger partial charge on any atom is -0.467 e. The lowest BCUT2D eigenvalue weighted by atomic mass is 10.2. The molecule has 1 heterocycles. The van der Waals surface area contributed by atoms with Gasteiger partial charge in [-0.2, -0.15) is 15.0 Å². The van der Waals surface area contributed by atoms with Gasteiger partial charge in [0.05, 0.1) is 19.2 Å². The Morgan fingerprint density at radius 3 is 2.64 bits per heavy atom. The van der Waals surface area contributed by atoms with E-state index in [1.807, 2.05) is 0 Å². The van der Waals surface area contributed by atoms with Gasteiger partial charge in [-0.25, -0.2) is 4.39 Å². The first-order valence-corrected chi connectivity index (χ1v) is 6.50. The lowest BCUT2D eigenvalue weighted by molar-refractivity contribution is 0.0945. The first-order chi connectivity index (χ1) is 10.5. The van der Waals surface area contributed by atoms with Crippen LogP contribution in [0.3, 0.4) is 0 Å². The molecule has 1 N–H and O–H groups in total. The second-order valence-corrected chi connectivity index (χ2v) is 4.60. The van der Waals surface area contributed by atoms with Crippen molar-refractivity contribution < 1.29 is 13.9 Å². The van der Waals surface area contributed by atoms with Gasteiger partial charge < -0.3 is 15.0 Å². The van der Waals surface area contributed by atoms with E-state index in [0.29, 0.717) is 11.8 Å². The van der Waals surface area contributed by atoms with E-state index in [9.17, 15) is 9.18 Å². The van der Waals surface area contributed by atoms with Crippen molar-refractivity contribution in [2.24, 2.45) is 0 Å². The van der Waals surface area contributed by atoms with Crippen molar-refractivity contribution in [3.05, 3.63) is 41.5 Å². The van der Waals surface area contributed by atoms with Gasteiger partial charge in [0.1, 0.15) is 5.82 Å². The number of benzene rings is 1. The van der Waals surface area contributed by atoms with Crippen LogP contribution in [0.4, 0.5) is 10.3 Å². The molecule has 0 radical (unpaired) electrons. The van der Waals surface area contributed by atoms with Gasteiger partial charge in [-0.05, 0) is 12.1 Å². The summed E-state index contributed by atoms with van der Waals surface area (Å²) in [5.74, 6) is -0.395. The maximum Gasteiger partial charge on any atom is 0.321 e. The number of halogens is 1. The Morgan fingerprint density at radius 1 is 1.27 bits per heavy atom. The molecule has 0 saturated heterocycles. The summed E-state index contributed by atoms with van der Waals surface area (Å²) in [5, 5.41) is 2.57. The molecule has 22 heavy (non-hydrogen) atoms. The highest BCUT2D eigenvalue weighted by Gasteiger charge is 2.13. The average Bonchev–Trinajstić information content (AvgIpc) is 2.52. The molecule has 2 rings (SSSR count). The molecule has 116 valence electrons. The van der Waals surface area contributed by atoms with Gasteiger partial charge in [0.25, 0.3) is 5.91 Å². The zero-order chi connectivity index (χ0) is 16.1. The highest BCUT2D eigenvalue weighted by atomic mass is 19.1. The molecule has 0 spiro atoms. The van der Waals surface area contributed by atoms with Gasteiger partial charge in [-0.15, -0.1) is 0 Å². The van der Waals surface area contributed by atoms with Crippen molar-refractivity contribution in [2.45, 2.75) is 6.54 Å². The normalized spacial score (nSPS) is 10.2. The first kappa shape index (κ1) is 15.6. The number of carbonyl (C=O) groups is 1. The average molecular weight is 305 g/mol. The molecule has 0 fully saturated rings. The van der Waals surface area contributed by atoms with E-state index in [0.717, 1.165) is 0 Å². The van der Waals surface area contributed by atoms with Gasteiger partial charge >= 0.3 is 6.01 Å². The molecule has 0 aliphatic rings. The number of anilines is 1. The van der Waals surface area contributed by atoms with Crippen LogP contribution in [0.15, 0.2) is 24.3 Å². The molecule has 0 aliphatic carbocycles. The number of amides is 1. The lowest BCUT2D eigenvalue weighted by Crippen LogP contribution is -2.25. The summed E-state index contributed by atoms with van der Waals surface area (Å²) in [4.78, 5) is 25.9. The number of nitrogens with zero attached hydrogens (tertiary/aromatic N) is 4. The molecule has 0 unspecified atom stereocenters. The van der Waals surface area contributed by atoms with E-state index < -0.39 is 11.7 Å². The summed E-state index contributed by atoms with van der Waals surface area (Å²) in [5.41, 5.74) is -0.0312. The van der Waals surface area contributed by atoms with Crippen LogP contribution < -0.4 is 15.0 Å². The number of nitrogens with one attached hydrogen (secondary N) is 1. The van der Waals surface area contributed by atoms with Gasteiger partial charge in [0.2, 0.25) is 5.95 Å². The number of hydrogen-bond acceptors (Lipinski definition) is 6. The Bertz CT molecular complexity index is 678. The minimum atomic E-state index is -0.581. The van der Waals surface area contributed by atoms with Crippen molar-refractivity contribution in [2.75, 3.05) is 26.1 Å². The summed E-state index contributed by atoms with van der Waals surface area (Å²) in [6.07, 6.45) is 0. The molecule has 0 saturated carbocycles. The molecule has 7 nitrogen and oxygen atoms in total. The number of aromatic nitrogens is 3. The van der Waals surface area contributed by atoms with E-state index in [4.69, 9.17) is 4.74 Å². The Labute approximate surface area is 127 Å². The second-order valence-electron chi connectivity index (χ2n) is 4.60. The maximum absolute atomic E-state index is 13.5. The molecular formula is C14H16FN5O2. The van der Waals surface area contributed by atoms with E-state index in [1.165, 1.54) is 25.3 Å². The molecule has 1 amide bonds. The van der Waals surface area contributed by atoms with Gasteiger partial charge in [-0.1, -0.05) is 12.1 Å². The van der Waals surface area contributed by atoms with Crippen molar-refractivity contribution in [3.63, 3.8) is 0 Å². The van der Waals surface area contributed by atoms with Crippen LogP contribution in [0, 0.1) is 5.82 Å². The smallest absolute Gasteiger partial charge is 0.321 e. The summed E-state index contributed by atoms with van der Waals surface area (Å²) in [6, 6.07) is 5.89. The molecule has 0 atom stereocenters. The van der Waals surface area contributed by atoms with Gasteiger partial charge in [-0.3, -0.25) is 4.79 Å². The van der Waals surface area contributed by atoms with E-state index in [1.54, 1.807) is 25.1 Å². The fourth-order valence-electron chi connectivity index (χ4n) is 1.66.